The van der Waals surface area contributed by atoms with E-state index in [1.165, 1.54) is 12.8 Å². The van der Waals surface area contributed by atoms with E-state index in [4.69, 9.17) is 4.74 Å². The lowest BCUT2D eigenvalue weighted by atomic mass is 10.1. The molecule has 1 saturated heterocycles. The Labute approximate surface area is 114 Å². The second-order valence-electron chi connectivity index (χ2n) is 4.95. The minimum Gasteiger partial charge on any atom is -0.445 e. The highest BCUT2D eigenvalue weighted by atomic mass is 16.6. The van der Waals surface area contributed by atoms with Crippen LogP contribution in [-0.4, -0.2) is 36.7 Å². The van der Waals surface area contributed by atoms with E-state index in [0.29, 0.717) is 12.6 Å². The SMILES string of the molecule is CCCCNC1CN(C(=O)OCc2ccccc2)C1. The Balaban J connectivity index is 1.61. The molecule has 1 N–H and O–H groups in total. The van der Waals surface area contributed by atoms with Gasteiger partial charge in [-0.3, -0.25) is 0 Å². The number of likely N-dealkylation sites (tertiary alicyclic amines) is 1. The molecule has 0 aromatic heterocycles. The van der Waals surface area contributed by atoms with Gasteiger partial charge in [0.1, 0.15) is 6.61 Å². The highest BCUT2D eigenvalue weighted by Crippen LogP contribution is 2.11. The monoisotopic (exact) mass is 262 g/mol. The van der Waals surface area contributed by atoms with E-state index in [1.54, 1.807) is 4.90 Å². The van der Waals surface area contributed by atoms with Gasteiger partial charge in [0.05, 0.1) is 0 Å². The van der Waals surface area contributed by atoms with Crippen molar-refractivity contribution in [2.45, 2.75) is 32.4 Å². The van der Waals surface area contributed by atoms with Crippen LogP contribution in [0.2, 0.25) is 0 Å². The van der Waals surface area contributed by atoms with Gasteiger partial charge in [-0.05, 0) is 18.5 Å². The number of unbranched alkanes of at least 4 members (excludes halogenated alkanes) is 1. The maximum Gasteiger partial charge on any atom is 0.410 e. The van der Waals surface area contributed by atoms with Gasteiger partial charge in [-0.2, -0.15) is 0 Å². The molecule has 19 heavy (non-hydrogen) atoms. The van der Waals surface area contributed by atoms with Crippen LogP contribution in [0.15, 0.2) is 30.3 Å². The summed E-state index contributed by atoms with van der Waals surface area (Å²) < 4.78 is 5.27. The van der Waals surface area contributed by atoms with Crippen molar-refractivity contribution in [1.82, 2.24) is 10.2 Å². The third-order valence-electron chi connectivity index (χ3n) is 3.31. The summed E-state index contributed by atoms with van der Waals surface area (Å²) in [6, 6.07) is 10.2. The number of nitrogens with one attached hydrogen (secondary N) is 1. The Bertz CT molecular complexity index is 388. The zero-order valence-electron chi connectivity index (χ0n) is 11.5. The second-order valence-corrected chi connectivity index (χ2v) is 4.95. The average molecular weight is 262 g/mol. The van der Waals surface area contributed by atoms with Gasteiger partial charge in [-0.25, -0.2) is 4.79 Å². The molecule has 1 aromatic carbocycles. The maximum absolute atomic E-state index is 11.8. The third kappa shape index (κ3) is 4.24. The fourth-order valence-corrected chi connectivity index (χ4v) is 2.05. The van der Waals surface area contributed by atoms with Crippen molar-refractivity contribution >= 4 is 6.09 Å². The highest BCUT2D eigenvalue weighted by molar-refractivity contribution is 5.68. The molecule has 1 fully saturated rings. The van der Waals surface area contributed by atoms with Crippen molar-refractivity contribution in [3.8, 4) is 0 Å². The van der Waals surface area contributed by atoms with E-state index in [1.807, 2.05) is 30.3 Å². The molecular weight excluding hydrogens is 240 g/mol. The Morgan fingerprint density at radius 2 is 2.11 bits per heavy atom. The molecule has 1 aliphatic rings. The summed E-state index contributed by atoms with van der Waals surface area (Å²) in [7, 11) is 0. The smallest absolute Gasteiger partial charge is 0.410 e. The van der Waals surface area contributed by atoms with Gasteiger partial charge in [0, 0.05) is 19.1 Å². The fourth-order valence-electron chi connectivity index (χ4n) is 2.05. The molecule has 2 rings (SSSR count). The Hall–Kier alpha value is -1.55. The first-order valence-corrected chi connectivity index (χ1v) is 6.98. The molecule has 1 aromatic rings. The zero-order valence-corrected chi connectivity index (χ0v) is 11.5. The molecule has 4 nitrogen and oxygen atoms in total. The number of ether oxygens (including phenoxy) is 1. The first kappa shape index (κ1) is 13.9. The summed E-state index contributed by atoms with van der Waals surface area (Å²) in [5, 5.41) is 3.43. The molecule has 104 valence electrons. The van der Waals surface area contributed by atoms with E-state index in [0.717, 1.165) is 25.2 Å². The van der Waals surface area contributed by atoms with Crippen LogP contribution in [-0.2, 0) is 11.3 Å². The van der Waals surface area contributed by atoms with Crippen LogP contribution in [0.5, 0.6) is 0 Å². The number of carbonyl (C=O) groups excluding carboxylic acids is 1. The normalized spacial score (nSPS) is 15.1. The Morgan fingerprint density at radius 1 is 1.37 bits per heavy atom. The standard InChI is InChI=1S/C15H22N2O2/c1-2-3-9-16-14-10-17(11-14)15(18)19-12-13-7-5-4-6-8-13/h4-8,14,16H,2-3,9-12H2,1H3. The number of amides is 1. The number of rotatable bonds is 6. The van der Waals surface area contributed by atoms with Gasteiger partial charge in [-0.1, -0.05) is 43.7 Å². The molecule has 0 radical (unpaired) electrons. The maximum atomic E-state index is 11.8. The summed E-state index contributed by atoms with van der Waals surface area (Å²) in [6.45, 7) is 5.09. The number of nitrogens with zero attached hydrogens (tertiary/aromatic N) is 1. The Kier molecular flexibility index (Phi) is 5.21. The van der Waals surface area contributed by atoms with Crippen LogP contribution in [0.25, 0.3) is 0 Å². The molecule has 4 heteroatoms. The number of hydrogen-bond donors (Lipinski definition) is 1. The van der Waals surface area contributed by atoms with Gasteiger partial charge in [0.2, 0.25) is 0 Å². The first-order chi connectivity index (χ1) is 9.29. The molecule has 1 amide bonds. The van der Waals surface area contributed by atoms with Gasteiger partial charge in [0.25, 0.3) is 0 Å². The van der Waals surface area contributed by atoms with Crippen LogP contribution >= 0.6 is 0 Å². The summed E-state index contributed by atoms with van der Waals surface area (Å²) in [4.78, 5) is 13.5. The van der Waals surface area contributed by atoms with Crippen molar-refractivity contribution < 1.29 is 9.53 Å². The summed E-state index contributed by atoms with van der Waals surface area (Å²) in [6.07, 6.45) is 2.18. The first-order valence-electron chi connectivity index (χ1n) is 6.98. The lowest BCUT2D eigenvalue weighted by molar-refractivity contribution is 0.0603. The lowest BCUT2D eigenvalue weighted by Gasteiger charge is -2.38. The van der Waals surface area contributed by atoms with E-state index < -0.39 is 0 Å². The Morgan fingerprint density at radius 3 is 2.79 bits per heavy atom. The molecule has 1 heterocycles. The summed E-state index contributed by atoms with van der Waals surface area (Å²) >= 11 is 0. The van der Waals surface area contributed by atoms with Crippen LogP contribution in [0.3, 0.4) is 0 Å². The van der Waals surface area contributed by atoms with E-state index in [9.17, 15) is 4.79 Å². The van der Waals surface area contributed by atoms with Crippen LogP contribution in [0.4, 0.5) is 4.79 Å². The predicted molar refractivity (Wildman–Crippen MR) is 74.9 cm³/mol. The van der Waals surface area contributed by atoms with Gasteiger partial charge >= 0.3 is 6.09 Å². The third-order valence-corrected chi connectivity index (χ3v) is 3.31. The molecule has 0 saturated carbocycles. The average Bonchev–Trinajstić information content (AvgIpc) is 2.40. The molecule has 0 unspecified atom stereocenters. The zero-order chi connectivity index (χ0) is 13.5. The predicted octanol–water partition coefficient (Wildman–Crippen LogP) is 2.40. The van der Waals surface area contributed by atoms with Crippen LogP contribution in [0, 0.1) is 0 Å². The molecule has 0 aliphatic carbocycles. The van der Waals surface area contributed by atoms with E-state index in [2.05, 4.69) is 12.2 Å². The van der Waals surface area contributed by atoms with Gasteiger partial charge in [-0.15, -0.1) is 0 Å². The van der Waals surface area contributed by atoms with Gasteiger partial charge in [0.15, 0.2) is 0 Å². The molecule has 0 atom stereocenters. The molecule has 0 bridgehead atoms. The largest absolute Gasteiger partial charge is 0.445 e. The summed E-state index contributed by atoms with van der Waals surface area (Å²) in [5.41, 5.74) is 1.02. The number of benzene rings is 1. The highest BCUT2D eigenvalue weighted by Gasteiger charge is 2.30. The van der Waals surface area contributed by atoms with Crippen LogP contribution in [0.1, 0.15) is 25.3 Å². The van der Waals surface area contributed by atoms with E-state index in [-0.39, 0.29) is 6.09 Å². The fraction of sp³-hybridized carbons (Fsp3) is 0.533. The molecular formula is C15H22N2O2. The topological polar surface area (TPSA) is 41.6 Å². The van der Waals surface area contributed by atoms with Crippen molar-refractivity contribution in [3.05, 3.63) is 35.9 Å². The molecule has 1 aliphatic heterocycles. The minimum absolute atomic E-state index is 0.211. The second kappa shape index (κ2) is 7.14. The molecule has 0 spiro atoms. The number of hydrogen-bond acceptors (Lipinski definition) is 3. The van der Waals surface area contributed by atoms with E-state index >= 15 is 0 Å². The van der Waals surface area contributed by atoms with Crippen molar-refractivity contribution in [1.29, 1.82) is 0 Å². The van der Waals surface area contributed by atoms with Crippen molar-refractivity contribution in [2.75, 3.05) is 19.6 Å². The quantitative estimate of drug-likeness (QED) is 0.800. The minimum atomic E-state index is -0.211. The number of carbonyl (C=O) groups is 1. The van der Waals surface area contributed by atoms with Crippen molar-refractivity contribution in [2.24, 2.45) is 0 Å². The van der Waals surface area contributed by atoms with Gasteiger partial charge < -0.3 is 15.0 Å². The van der Waals surface area contributed by atoms with Crippen molar-refractivity contribution in [3.63, 3.8) is 0 Å². The summed E-state index contributed by atoms with van der Waals surface area (Å²) in [5.74, 6) is 0. The lowest BCUT2D eigenvalue weighted by Crippen LogP contribution is -2.60. The van der Waals surface area contributed by atoms with Crippen LogP contribution < -0.4 is 5.32 Å².